The molecule has 0 unspecified atom stereocenters. The maximum Gasteiger partial charge on any atom is 0.333 e. The van der Waals surface area contributed by atoms with E-state index in [-0.39, 0.29) is 11.7 Å². The van der Waals surface area contributed by atoms with Gasteiger partial charge in [-0.15, -0.1) is 15.0 Å². The van der Waals surface area contributed by atoms with Crippen LogP contribution in [-0.2, 0) is 16.0 Å². The number of ether oxygens (including phenoxy) is 1. The van der Waals surface area contributed by atoms with E-state index in [1.807, 2.05) is 37.3 Å². The first kappa shape index (κ1) is 18.6. The third kappa shape index (κ3) is 4.53. The lowest BCUT2D eigenvalue weighted by atomic mass is 10.1. The zero-order valence-electron chi connectivity index (χ0n) is 15.6. The van der Waals surface area contributed by atoms with Crippen LogP contribution in [-0.4, -0.2) is 32.7 Å². The van der Waals surface area contributed by atoms with Crippen LogP contribution in [0.4, 0.5) is 0 Å². The summed E-state index contributed by atoms with van der Waals surface area (Å²) in [6, 6.07) is 11.3. The Morgan fingerprint density at radius 2 is 1.93 bits per heavy atom. The first-order valence-corrected chi connectivity index (χ1v) is 8.92. The maximum atomic E-state index is 11.3. The number of phenols is 1. The Labute approximate surface area is 158 Å². The molecule has 1 N–H and O–H groups in total. The Morgan fingerprint density at radius 1 is 1.15 bits per heavy atom. The normalized spacial score (nSPS) is 10.9. The van der Waals surface area contributed by atoms with Crippen LogP contribution in [0.1, 0.15) is 30.9 Å². The molecule has 0 radical (unpaired) electrons. The molecule has 0 aliphatic rings. The molecule has 140 valence electrons. The van der Waals surface area contributed by atoms with E-state index >= 15 is 0 Å². The van der Waals surface area contributed by atoms with Gasteiger partial charge >= 0.3 is 5.97 Å². The summed E-state index contributed by atoms with van der Waals surface area (Å²) in [5.74, 6) is -0.222. The lowest BCUT2D eigenvalue weighted by Gasteiger charge is -2.07. The molecule has 3 aromatic rings. The van der Waals surface area contributed by atoms with E-state index < -0.39 is 0 Å². The predicted octanol–water partition coefficient (Wildman–Crippen LogP) is 3.88. The summed E-state index contributed by atoms with van der Waals surface area (Å²) in [4.78, 5) is 12.8. The van der Waals surface area contributed by atoms with Crippen molar-refractivity contribution in [1.29, 1.82) is 0 Å². The number of fused-ring (bicyclic) bond motifs is 1. The van der Waals surface area contributed by atoms with Crippen molar-refractivity contribution in [3.63, 3.8) is 0 Å². The zero-order valence-corrected chi connectivity index (χ0v) is 15.6. The minimum atomic E-state index is -0.353. The quantitative estimate of drug-likeness (QED) is 0.391. The van der Waals surface area contributed by atoms with Gasteiger partial charge in [0.2, 0.25) is 0 Å². The SMILES string of the molecule is C=C(C)C(=O)OCCCCc1ccc(O)c(-n2nc3ccc(C)cc3n2)c1. The molecule has 0 atom stereocenters. The van der Waals surface area contributed by atoms with Crippen molar-refractivity contribution in [2.75, 3.05) is 6.61 Å². The molecule has 6 nitrogen and oxygen atoms in total. The van der Waals surface area contributed by atoms with Gasteiger partial charge in [-0.2, -0.15) is 0 Å². The fourth-order valence-corrected chi connectivity index (χ4v) is 2.74. The van der Waals surface area contributed by atoms with Gasteiger partial charge in [-0.3, -0.25) is 0 Å². The number of hydrogen-bond donors (Lipinski definition) is 1. The average molecular weight is 365 g/mol. The van der Waals surface area contributed by atoms with E-state index in [2.05, 4.69) is 16.8 Å². The van der Waals surface area contributed by atoms with Crippen molar-refractivity contribution in [2.45, 2.75) is 33.1 Å². The predicted molar refractivity (Wildman–Crippen MR) is 104 cm³/mol. The number of rotatable bonds is 7. The van der Waals surface area contributed by atoms with Crippen LogP contribution >= 0.6 is 0 Å². The highest BCUT2D eigenvalue weighted by Gasteiger charge is 2.10. The summed E-state index contributed by atoms with van der Waals surface area (Å²) in [6.07, 6.45) is 2.43. The highest BCUT2D eigenvalue weighted by Crippen LogP contribution is 2.24. The molecule has 1 aromatic heterocycles. The molecule has 6 heteroatoms. The van der Waals surface area contributed by atoms with Crippen molar-refractivity contribution in [3.8, 4) is 11.4 Å². The molecule has 0 aliphatic heterocycles. The molecule has 0 fully saturated rings. The van der Waals surface area contributed by atoms with Gasteiger partial charge in [0.15, 0.2) is 0 Å². The third-order valence-corrected chi connectivity index (χ3v) is 4.23. The summed E-state index contributed by atoms with van der Waals surface area (Å²) in [5.41, 5.74) is 4.71. The summed E-state index contributed by atoms with van der Waals surface area (Å²) in [6.45, 7) is 7.57. The molecule has 3 rings (SSSR count). The van der Waals surface area contributed by atoms with Crippen molar-refractivity contribution >= 4 is 17.0 Å². The van der Waals surface area contributed by atoms with E-state index in [1.165, 1.54) is 4.80 Å². The number of unbranched alkanes of at least 4 members (excludes halogenated alkanes) is 1. The molecule has 0 saturated heterocycles. The number of aryl methyl sites for hydroxylation is 2. The van der Waals surface area contributed by atoms with Crippen LogP contribution in [0.5, 0.6) is 5.75 Å². The van der Waals surface area contributed by atoms with Gasteiger partial charge in [-0.1, -0.05) is 18.7 Å². The van der Waals surface area contributed by atoms with E-state index in [1.54, 1.807) is 13.0 Å². The number of aromatic nitrogens is 3. The largest absolute Gasteiger partial charge is 0.506 e. The topological polar surface area (TPSA) is 77.2 Å². The van der Waals surface area contributed by atoms with Crippen LogP contribution in [0, 0.1) is 6.92 Å². The summed E-state index contributed by atoms with van der Waals surface area (Å²) in [7, 11) is 0. The molecular formula is C21H23N3O3. The van der Waals surface area contributed by atoms with Gasteiger partial charge in [0, 0.05) is 5.57 Å². The number of phenolic OH excluding ortho intramolecular Hbond substituents is 1. The number of nitrogens with zero attached hydrogens (tertiary/aromatic N) is 3. The van der Waals surface area contributed by atoms with E-state index in [9.17, 15) is 9.90 Å². The molecule has 1 heterocycles. The van der Waals surface area contributed by atoms with Crippen LogP contribution in [0.3, 0.4) is 0 Å². The first-order chi connectivity index (χ1) is 12.9. The number of carbonyl (C=O) groups excluding carboxylic acids is 1. The highest BCUT2D eigenvalue weighted by atomic mass is 16.5. The molecule has 27 heavy (non-hydrogen) atoms. The second-order valence-corrected chi connectivity index (χ2v) is 6.68. The Hall–Kier alpha value is -3.15. The lowest BCUT2D eigenvalue weighted by Crippen LogP contribution is -2.06. The minimum Gasteiger partial charge on any atom is -0.506 e. The number of benzene rings is 2. The van der Waals surface area contributed by atoms with Crippen molar-refractivity contribution in [1.82, 2.24) is 15.0 Å². The van der Waals surface area contributed by atoms with Crippen LogP contribution < -0.4 is 0 Å². The smallest absolute Gasteiger partial charge is 0.333 e. The Kier molecular flexibility index (Phi) is 5.54. The fourth-order valence-electron chi connectivity index (χ4n) is 2.74. The molecule has 2 aromatic carbocycles. The Balaban J connectivity index is 1.67. The van der Waals surface area contributed by atoms with Crippen LogP contribution in [0.15, 0.2) is 48.6 Å². The second-order valence-electron chi connectivity index (χ2n) is 6.68. The van der Waals surface area contributed by atoms with Crippen molar-refractivity contribution < 1.29 is 14.6 Å². The van der Waals surface area contributed by atoms with Crippen LogP contribution in [0.25, 0.3) is 16.7 Å². The van der Waals surface area contributed by atoms with Gasteiger partial charge in [0.1, 0.15) is 22.5 Å². The number of hydrogen-bond acceptors (Lipinski definition) is 5. The minimum absolute atomic E-state index is 0.131. The number of carbonyl (C=O) groups is 1. The average Bonchev–Trinajstić information content (AvgIpc) is 3.05. The second kappa shape index (κ2) is 8.03. The molecule has 0 saturated carbocycles. The van der Waals surface area contributed by atoms with Crippen molar-refractivity contribution in [2.24, 2.45) is 0 Å². The van der Waals surface area contributed by atoms with E-state index in [0.29, 0.717) is 17.9 Å². The molecule has 0 bridgehead atoms. The maximum absolute atomic E-state index is 11.3. The van der Waals surface area contributed by atoms with Crippen LogP contribution in [0.2, 0.25) is 0 Å². The standard InChI is InChI=1S/C21H23N3O3/c1-14(2)21(26)27-11-5-4-6-16-8-10-20(25)19(13-16)24-22-17-9-7-15(3)12-18(17)23-24/h7-10,12-13,25H,1,4-6,11H2,2-3H3. The monoisotopic (exact) mass is 365 g/mol. The fraction of sp³-hybridized carbons (Fsp3) is 0.286. The van der Waals surface area contributed by atoms with E-state index in [4.69, 9.17) is 4.74 Å². The molecular weight excluding hydrogens is 342 g/mol. The highest BCUT2D eigenvalue weighted by molar-refractivity contribution is 5.86. The van der Waals surface area contributed by atoms with Gasteiger partial charge in [-0.25, -0.2) is 4.79 Å². The third-order valence-electron chi connectivity index (χ3n) is 4.23. The lowest BCUT2D eigenvalue weighted by molar-refractivity contribution is -0.139. The molecule has 0 amide bonds. The number of esters is 1. The summed E-state index contributed by atoms with van der Waals surface area (Å²) >= 11 is 0. The Bertz CT molecular complexity index is 992. The number of aromatic hydroxyl groups is 1. The molecule has 0 spiro atoms. The van der Waals surface area contributed by atoms with Gasteiger partial charge in [0.05, 0.1) is 6.61 Å². The molecule has 0 aliphatic carbocycles. The van der Waals surface area contributed by atoms with Crippen molar-refractivity contribution in [3.05, 3.63) is 59.7 Å². The zero-order chi connectivity index (χ0) is 19.4. The van der Waals surface area contributed by atoms with E-state index in [0.717, 1.165) is 41.4 Å². The first-order valence-electron chi connectivity index (χ1n) is 8.92. The summed E-state index contributed by atoms with van der Waals surface area (Å²) < 4.78 is 5.09. The van der Waals surface area contributed by atoms with Gasteiger partial charge < -0.3 is 9.84 Å². The van der Waals surface area contributed by atoms with Gasteiger partial charge in [0.25, 0.3) is 0 Å². The summed E-state index contributed by atoms with van der Waals surface area (Å²) in [5, 5.41) is 19.1. The Morgan fingerprint density at radius 3 is 2.70 bits per heavy atom. The van der Waals surface area contributed by atoms with Gasteiger partial charge in [-0.05, 0) is 68.5 Å².